The van der Waals surface area contributed by atoms with E-state index in [2.05, 4.69) is 4.98 Å². The Labute approximate surface area is 160 Å². The highest BCUT2D eigenvalue weighted by Crippen LogP contribution is 2.35. The van der Waals surface area contributed by atoms with Gasteiger partial charge in [0, 0.05) is 5.56 Å². The van der Waals surface area contributed by atoms with Crippen molar-refractivity contribution < 1.29 is 24.5 Å². The fourth-order valence-electron chi connectivity index (χ4n) is 2.51. The largest absolute Gasteiger partial charge is 0.867 e. The van der Waals surface area contributed by atoms with Crippen LogP contribution in [0.4, 0.5) is 0 Å². The number of carbonyl (C=O) groups is 1. The molecule has 0 atom stereocenters. The first kappa shape index (κ1) is 18.5. The van der Waals surface area contributed by atoms with Crippen LogP contribution < -0.4 is 14.6 Å². The van der Waals surface area contributed by atoms with Crippen LogP contribution in [0.25, 0.3) is 23.4 Å². The van der Waals surface area contributed by atoms with Crippen LogP contribution in [0.2, 0.25) is 0 Å². The molecule has 0 aliphatic heterocycles. The van der Waals surface area contributed by atoms with Gasteiger partial charge >= 0.3 is 5.97 Å². The van der Waals surface area contributed by atoms with Gasteiger partial charge in [0.05, 0.1) is 19.9 Å². The van der Waals surface area contributed by atoms with Crippen LogP contribution in [0.3, 0.4) is 0 Å². The fourth-order valence-corrected chi connectivity index (χ4v) is 3.34. The SMILES string of the molecule is COc1cc(/C=C/c2nc(-c3ccccc3)c(C(=O)O)s2)cc(OC)c1[O-]. The molecule has 0 saturated carbocycles. The van der Waals surface area contributed by atoms with E-state index in [1.807, 2.05) is 30.3 Å². The van der Waals surface area contributed by atoms with Crippen molar-refractivity contribution in [3.05, 3.63) is 57.9 Å². The summed E-state index contributed by atoms with van der Waals surface area (Å²) < 4.78 is 10.2. The molecule has 138 valence electrons. The molecule has 0 radical (unpaired) electrons. The monoisotopic (exact) mass is 382 g/mol. The number of carboxylic acids is 1. The fraction of sp³-hybridized carbons (Fsp3) is 0.100. The molecule has 0 aliphatic rings. The molecule has 0 saturated heterocycles. The van der Waals surface area contributed by atoms with E-state index >= 15 is 0 Å². The number of aromatic carboxylic acids is 1. The number of ether oxygens (including phenoxy) is 2. The molecule has 0 fully saturated rings. The summed E-state index contributed by atoms with van der Waals surface area (Å²) in [7, 11) is 2.82. The summed E-state index contributed by atoms with van der Waals surface area (Å²) in [6.07, 6.45) is 3.42. The second-order valence-corrected chi connectivity index (χ2v) is 6.52. The summed E-state index contributed by atoms with van der Waals surface area (Å²) in [5, 5.41) is 22.0. The van der Waals surface area contributed by atoms with Crippen molar-refractivity contribution in [2.75, 3.05) is 14.2 Å². The lowest BCUT2D eigenvalue weighted by Gasteiger charge is -2.17. The number of hydrogen-bond acceptors (Lipinski definition) is 6. The molecule has 1 aromatic heterocycles. The molecule has 3 rings (SSSR count). The summed E-state index contributed by atoms with van der Waals surface area (Å²) >= 11 is 1.08. The van der Waals surface area contributed by atoms with E-state index in [0.717, 1.165) is 16.9 Å². The molecular formula is C20H16NO5S-. The average Bonchev–Trinajstić information content (AvgIpc) is 3.12. The van der Waals surface area contributed by atoms with E-state index in [9.17, 15) is 15.0 Å². The van der Waals surface area contributed by atoms with Crippen molar-refractivity contribution in [2.24, 2.45) is 0 Å². The summed E-state index contributed by atoms with van der Waals surface area (Å²) in [4.78, 5) is 16.2. The molecule has 1 N–H and O–H groups in total. The second kappa shape index (κ2) is 7.92. The highest BCUT2D eigenvalue weighted by atomic mass is 32.1. The Morgan fingerprint density at radius 1 is 1.11 bits per heavy atom. The van der Waals surface area contributed by atoms with Crippen LogP contribution in [0.15, 0.2) is 42.5 Å². The molecule has 7 heteroatoms. The maximum atomic E-state index is 12.0. The Bertz CT molecular complexity index is 970. The number of aromatic nitrogens is 1. The molecule has 0 bridgehead atoms. The zero-order valence-corrected chi connectivity index (χ0v) is 15.4. The highest BCUT2D eigenvalue weighted by Gasteiger charge is 2.17. The van der Waals surface area contributed by atoms with Gasteiger partial charge in [-0.05, 0) is 29.5 Å². The Balaban J connectivity index is 1.98. The molecular weight excluding hydrogens is 366 g/mol. The standard InChI is InChI=1S/C20H17NO5S/c1-25-14-10-12(11-15(26-2)18(14)22)8-9-16-21-17(19(27-16)20(23)24)13-6-4-3-5-7-13/h3-11,22H,1-2H3,(H,23,24)/p-1/b9-8+. The van der Waals surface area contributed by atoms with Gasteiger partial charge in [0.1, 0.15) is 21.4 Å². The quantitative estimate of drug-likeness (QED) is 0.698. The molecule has 27 heavy (non-hydrogen) atoms. The first-order valence-electron chi connectivity index (χ1n) is 7.94. The highest BCUT2D eigenvalue weighted by molar-refractivity contribution is 7.15. The number of thiazole rings is 1. The van der Waals surface area contributed by atoms with Crippen LogP contribution in [-0.2, 0) is 0 Å². The third-order valence-corrected chi connectivity index (χ3v) is 4.80. The molecule has 3 aromatic rings. The van der Waals surface area contributed by atoms with E-state index in [0.29, 0.717) is 16.3 Å². The zero-order chi connectivity index (χ0) is 19.4. The Morgan fingerprint density at radius 2 is 1.74 bits per heavy atom. The summed E-state index contributed by atoms with van der Waals surface area (Å²) in [6.45, 7) is 0. The minimum atomic E-state index is -1.02. The van der Waals surface area contributed by atoms with Gasteiger partial charge in [-0.25, -0.2) is 9.78 Å². The van der Waals surface area contributed by atoms with Crippen molar-refractivity contribution >= 4 is 29.5 Å². The van der Waals surface area contributed by atoms with E-state index in [4.69, 9.17) is 9.47 Å². The Kier molecular flexibility index (Phi) is 5.42. The normalized spacial score (nSPS) is 10.9. The number of hydrogen-bond donors (Lipinski definition) is 1. The van der Waals surface area contributed by atoms with Crippen LogP contribution in [0.5, 0.6) is 17.2 Å². The number of rotatable bonds is 6. The van der Waals surface area contributed by atoms with Crippen molar-refractivity contribution in [1.29, 1.82) is 0 Å². The first-order chi connectivity index (χ1) is 13.0. The van der Waals surface area contributed by atoms with E-state index in [1.165, 1.54) is 14.2 Å². The lowest BCUT2D eigenvalue weighted by Crippen LogP contribution is -1.99. The molecule has 1 heterocycles. The number of carboxylic acid groups (broad SMARTS) is 1. The first-order valence-corrected chi connectivity index (χ1v) is 8.75. The third kappa shape index (κ3) is 3.93. The predicted octanol–water partition coefficient (Wildman–Crippen LogP) is 3.77. The predicted molar refractivity (Wildman–Crippen MR) is 102 cm³/mol. The van der Waals surface area contributed by atoms with Crippen molar-refractivity contribution in [2.45, 2.75) is 0 Å². The van der Waals surface area contributed by atoms with Crippen LogP contribution >= 0.6 is 11.3 Å². The molecule has 0 amide bonds. The van der Waals surface area contributed by atoms with E-state index in [-0.39, 0.29) is 22.1 Å². The van der Waals surface area contributed by atoms with Gasteiger partial charge < -0.3 is 19.7 Å². The van der Waals surface area contributed by atoms with Gasteiger partial charge in [0.2, 0.25) is 0 Å². The topological polar surface area (TPSA) is 91.7 Å². The average molecular weight is 382 g/mol. The van der Waals surface area contributed by atoms with Crippen molar-refractivity contribution in [1.82, 2.24) is 4.98 Å². The minimum Gasteiger partial charge on any atom is -0.867 e. The summed E-state index contributed by atoms with van der Waals surface area (Å²) in [6, 6.07) is 12.3. The maximum Gasteiger partial charge on any atom is 0.348 e. The maximum absolute atomic E-state index is 12.0. The lowest BCUT2D eigenvalue weighted by molar-refractivity contribution is -0.271. The summed E-state index contributed by atoms with van der Waals surface area (Å²) in [5.74, 6) is -1.01. The van der Waals surface area contributed by atoms with Gasteiger partial charge in [-0.1, -0.05) is 36.4 Å². The van der Waals surface area contributed by atoms with Gasteiger partial charge in [-0.2, -0.15) is 0 Å². The molecule has 0 unspecified atom stereocenters. The van der Waals surface area contributed by atoms with Gasteiger partial charge in [-0.15, -0.1) is 11.3 Å². The van der Waals surface area contributed by atoms with E-state index < -0.39 is 5.97 Å². The smallest absolute Gasteiger partial charge is 0.348 e. The molecule has 2 aromatic carbocycles. The van der Waals surface area contributed by atoms with Crippen LogP contribution in [0.1, 0.15) is 20.2 Å². The van der Waals surface area contributed by atoms with Gasteiger partial charge in [0.15, 0.2) is 0 Å². The van der Waals surface area contributed by atoms with Crippen LogP contribution in [-0.4, -0.2) is 30.3 Å². The summed E-state index contributed by atoms with van der Waals surface area (Å²) in [5.41, 5.74) is 1.85. The van der Waals surface area contributed by atoms with Crippen molar-refractivity contribution in [3.63, 3.8) is 0 Å². The van der Waals surface area contributed by atoms with E-state index in [1.54, 1.807) is 24.3 Å². The Morgan fingerprint density at radius 3 is 2.30 bits per heavy atom. The van der Waals surface area contributed by atoms with Gasteiger partial charge in [-0.3, -0.25) is 0 Å². The third-order valence-electron chi connectivity index (χ3n) is 3.79. The van der Waals surface area contributed by atoms with Crippen molar-refractivity contribution in [3.8, 4) is 28.5 Å². The molecule has 0 aliphatic carbocycles. The minimum absolute atomic E-state index is 0.171. The number of nitrogens with zero attached hydrogens (tertiary/aromatic N) is 1. The Hall–Kier alpha value is -3.32. The van der Waals surface area contributed by atoms with Gasteiger partial charge in [0.25, 0.3) is 0 Å². The molecule has 0 spiro atoms. The van der Waals surface area contributed by atoms with Crippen LogP contribution in [0, 0.1) is 0 Å². The lowest BCUT2D eigenvalue weighted by atomic mass is 10.1. The second-order valence-electron chi connectivity index (χ2n) is 5.49. The zero-order valence-electron chi connectivity index (χ0n) is 14.6. The number of benzene rings is 2. The number of methoxy groups -OCH3 is 2. The molecule has 6 nitrogen and oxygen atoms in total.